The molecule has 0 aliphatic rings. The van der Waals surface area contributed by atoms with Gasteiger partial charge in [-0.05, 0) is 19.9 Å². The van der Waals surface area contributed by atoms with Crippen molar-refractivity contribution in [2.45, 2.75) is 30.1 Å². The summed E-state index contributed by atoms with van der Waals surface area (Å²) in [6.45, 7) is 4.60. The van der Waals surface area contributed by atoms with Gasteiger partial charge in [-0.2, -0.15) is 0 Å². The van der Waals surface area contributed by atoms with Crippen molar-refractivity contribution >= 4 is 29.1 Å². The van der Waals surface area contributed by atoms with Gasteiger partial charge in [0.15, 0.2) is 0 Å². The number of esters is 1. The molecule has 1 aromatic rings. The number of likely N-dealkylation sites (N-methyl/N-ethyl adjacent to an activating group) is 1. The number of nitrogens with zero attached hydrogens (tertiary/aromatic N) is 1. The first-order valence-electron chi connectivity index (χ1n) is 5.48. The zero-order chi connectivity index (χ0) is 12.7. The Kier molecular flexibility index (Phi) is 5.94. The number of ether oxygens (including phenoxy) is 1. The third kappa shape index (κ3) is 4.29. The van der Waals surface area contributed by atoms with Crippen molar-refractivity contribution in [1.82, 2.24) is 10.3 Å². The summed E-state index contributed by atoms with van der Waals surface area (Å²) in [4.78, 5) is 15.9. The zero-order valence-electron chi connectivity index (χ0n) is 10.4. The van der Waals surface area contributed by atoms with Gasteiger partial charge in [-0.15, -0.1) is 11.3 Å². The van der Waals surface area contributed by atoms with E-state index in [1.54, 1.807) is 29.3 Å². The Hall–Kier alpha value is -0.590. The minimum Gasteiger partial charge on any atom is -0.468 e. The van der Waals surface area contributed by atoms with Crippen LogP contribution in [0.5, 0.6) is 0 Å². The number of methoxy groups -OCH3 is 1. The van der Waals surface area contributed by atoms with Gasteiger partial charge in [0.25, 0.3) is 0 Å². The van der Waals surface area contributed by atoms with Crippen LogP contribution in [0, 0.1) is 0 Å². The first kappa shape index (κ1) is 14.5. The maximum atomic E-state index is 11.7. The Morgan fingerprint density at radius 2 is 2.47 bits per heavy atom. The molecule has 1 rings (SSSR count). The van der Waals surface area contributed by atoms with Gasteiger partial charge in [-0.3, -0.25) is 4.79 Å². The number of hydrogen-bond acceptors (Lipinski definition) is 6. The number of carbonyl (C=O) groups is 1. The van der Waals surface area contributed by atoms with Crippen molar-refractivity contribution in [3.63, 3.8) is 0 Å². The maximum absolute atomic E-state index is 11.7. The zero-order valence-corrected chi connectivity index (χ0v) is 12.0. The lowest BCUT2D eigenvalue weighted by molar-refractivity contribution is -0.147. The second kappa shape index (κ2) is 6.98. The van der Waals surface area contributed by atoms with Crippen LogP contribution >= 0.6 is 23.1 Å². The maximum Gasteiger partial charge on any atom is 0.325 e. The average Bonchev–Trinajstić information content (AvgIpc) is 2.81. The summed E-state index contributed by atoms with van der Waals surface area (Å²) >= 11 is 3.28. The molecule has 17 heavy (non-hydrogen) atoms. The standard InChI is InChI=1S/C11H18N2O2S2/c1-4-13-11(2,9(14)15-3)5-7-16-10-12-6-8-17-10/h6,8,13H,4-5,7H2,1-3H3. The van der Waals surface area contributed by atoms with Gasteiger partial charge in [0.05, 0.1) is 7.11 Å². The van der Waals surface area contributed by atoms with Crippen molar-refractivity contribution in [3.05, 3.63) is 11.6 Å². The molecule has 0 saturated carbocycles. The molecule has 0 aliphatic heterocycles. The van der Waals surface area contributed by atoms with Crippen LogP contribution in [0.3, 0.4) is 0 Å². The lowest BCUT2D eigenvalue weighted by Crippen LogP contribution is -2.50. The summed E-state index contributed by atoms with van der Waals surface area (Å²) < 4.78 is 5.87. The van der Waals surface area contributed by atoms with Crippen LogP contribution in [-0.2, 0) is 9.53 Å². The minimum absolute atomic E-state index is 0.209. The third-order valence-electron chi connectivity index (χ3n) is 2.44. The smallest absolute Gasteiger partial charge is 0.325 e. The van der Waals surface area contributed by atoms with E-state index < -0.39 is 5.54 Å². The molecule has 0 spiro atoms. The average molecular weight is 274 g/mol. The van der Waals surface area contributed by atoms with Crippen molar-refractivity contribution in [2.75, 3.05) is 19.4 Å². The molecule has 96 valence electrons. The molecule has 0 aromatic carbocycles. The van der Waals surface area contributed by atoms with Crippen molar-refractivity contribution in [2.24, 2.45) is 0 Å². The SMILES string of the molecule is CCNC(C)(CCSc1nccs1)C(=O)OC. The van der Waals surface area contributed by atoms with Crippen LogP contribution in [0.15, 0.2) is 15.9 Å². The highest BCUT2D eigenvalue weighted by molar-refractivity contribution is 8.00. The quantitative estimate of drug-likeness (QED) is 0.610. The lowest BCUT2D eigenvalue weighted by Gasteiger charge is -2.27. The molecule has 0 bridgehead atoms. The monoisotopic (exact) mass is 274 g/mol. The summed E-state index contributed by atoms with van der Waals surface area (Å²) in [5, 5.41) is 5.14. The Morgan fingerprint density at radius 1 is 1.71 bits per heavy atom. The number of thioether (sulfide) groups is 1. The molecule has 4 nitrogen and oxygen atoms in total. The summed E-state index contributed by atoms with van der Waals surface area (Å²) in [6.07, 6.45) is 2.51. The predicted molar refractivity (Wildman–Crippen MR) is 71.6 cm³/mol. The summed E-state index contributed by atoms with van der Waals surface area (Å²) in [6, 6.07) is 0. The van der Waals surface area contributed by atoms with Gasteiger partial charge >= 0.3 is 5.97 Å². The molecular weight excluding hydrogens is 256 g/mol. The number of hydrogen-bond donors (Lipinski definition) is 1. The van der Waals surface area contributed by atoms with Gasteiger partial charge in [-0.25, -0.2) is 4.98 Å². The predicted octanol–water partition coefficient (Wildman–Crippen LogP) is 2.17. The number of nitrogens with one attached hydrogen (secondary N) is 1. The van der Waals surface area contributed by atoms with Gasteiger partial charge in [0.2, 0.25) is 0 Å². The van der Waals surface area contributed by atoms with Gasteiger partial charge in [0, 0.05) is 17.3 Å². The molecular formula is C11H18N2O2S2. The van der Waals surface area contributed by atoms with Crippen LogP contribution in [0.2, 0.25) is 0 Å². The first-order chi connectivity index (χ1) is 8.12. The highest BCUT2D eigenvalue weighted by Crippen LogP contribution is 2.24. The molecule has 0 radical (unpaired) electrons. The summed E-state index contributed by atoms with van der Waals surface area (Å²) in [7, 11) is 1.42. The topological polar surface area (TPSA) is 51.2 Å². The summed E-state index contributed by atoms with van der Waals surface area (Å²) in [5.74, 6) is 0.630. The number of rotatable bonds is 7. The second-order valence-electron chi connectivity index (χ2n) is 3.75. The highest BCUT2D eigenvalue weighted by atomic mass is 32.2. The second-order valence-corrected chi connectivity index (χ2v) is 5.99. The molecule has 0 fully saturated rings. The molecule has 1 heterocycles. The lowest BCUT2D eigenvalue weighted by atomic mass is 9.99. The number of carbonyl (C=O) groups excluding carboxylic acids is 1. The van der Waals surface area contributed by atoms with Crippen molar-refractivity contribution in [1.29, 1.82) is 0 Å². The van der Waals surface area contributed by atoms with E-state index >= 15 is 0 Å². The van der Waals surface area contributed by atoms with Gasteiger partial charge < -0.3 is 10.1 Å². The normalized spacial score (nSPS) is 14.3. The Bertz CT molecular complexity index is 343. The van der Waals surface area contributed by atoms with Crippen LogP contribution in [0.1, 0.15) is 20.3 Å². The Labute approximate surface area is 110 Å². The molecule has 0 aliphatic carbocycles. The van der Waals surface area contributed by atoms with E-state index in [0.717, 1.165) is 23.1 Å². The van der Waals surface area contributed by atoms with E-state index in [2.05, 4.69) is 10.3 Å². The first-order valence-corrected chi connectivity index (χ1v) is 7.34. The van der Waals surface area contributed by atoms with Crippen molar-refractivity contribution in [3.8, 4) is 0 Å². The molecule has 1 aromatic heterocycles. The van der Waals surface area contributed by atoms with E-state index in [0.29, 0.717) is 0 Å². The van der Waals surface area contributed by atoms with Gasteiger partial charge in [-0.1, -0.05) is 18.7 Å². The molecule has 1 N–H and O–H groups in total. The van der Waals surface area contributed by atoms with Crippen LogP contribution in [0.4, 0.5) is 0 Å². The summed E-state index contributed by atoms with van der Waals surface area (Å²) in [5.41, 5.74) is -0.603. The third-order valence-corrected chi connectivity index (χ3v) is 4.41. The molecule has 1 unspecified atom stereocenters. The fourth-order valence-corrected chi connectivity index (χ4v) is 3.37. The van der Waals surface area contributed by atoms with E-state index in [4.69, 9.17) is 4.74 Å². The molecule has 0 amide bonds. The molecule has 0 saturated heterocycles. The highest BCUT2D eigenvalue weighted by Gasteiger charge is 2.32. The fourth-order valence-electron chi connectivity index (χ4n) is 1.50. The van der Waals surface area contributed by atoms with Crippen LogP contribution in [0.25, 0.3) is 0 Å². The van der Waals surface area contributed by atoms with E-state index in [-0.39, 0.29) is 5.97 Å². The molecule has 1 atom stereocenters. The van der Waals surface area contributed by atoms with Gasteiger partial charge in [0.1, 0.15) is 9.88 Å². The Balaban J connectivity index is 2.46. The van der Waals surface area contributed by atoms with Crippen molar-refractivity contribution < 1.29 is 9.53 Å². The van der Waals surface area contributed by atoms with E-state index in [9.17, 15) is 4.79 Å². The fraction of sp³-hybridized carbons (Fsp3) is 0.636. The molecule has 6 heteroatoms. The number of thiazole rings is 1. The Morgan fingerprint density at radius 3 is 3.00 bits per heavy atom. The van der Waals surface area contributed by atoms with Crippen LogP contribution < -0.4 is 5.32 Å². The van der Waals surface area contributed by atoms with E-state index in [1.807, 2.05) is 19.2 Å². The largest absolute Gasteiger partial charge is 0.468 e. The minimum atomic E-state index is -0.603. The van der Waals surface area contributed by atoms with Crippen LogP contribution in [-0.4, -0.2) is 35.9 Å². The van der Waals surface area contributed by atoms with E-state index in [1.165, 1.54) is 7.11 Å². The number of aromatic nitrogens is 1.